The second kappa shape index (κ2) is 8.90. The van der Waals surface area contributed by atoms with Crippen LogP contribution in [0.5, 0.6) is 5.75 Å². The summed E-state index contributed by atoms with van der Waals surface area (Å²) in [4.78, 5) is 16.1. The van der Waals surface area contributed by atoms with Gasteiger partial charge in [-0.25, -0.2) is 13.8 Å². The number of nitrogens with one attached hydrogen (secondary N) is 2. The molecule has 0 spiro atoms. The molecule has 1 aliphatic rings. The lowest BCUT2D eigenvalue weighted by atomic mass is 9.95. The van der Waals surface area contributed by atoms with Gasteiger partial charge < -0.3 is 15.4 Å². The summed E-state index contributed by atoms with van der Waals surface area (Å²) in [6.45, 7) is 0.179. The molecule has 7 heteroatoms. The van der Waals surface area contributed by atoms with Crippen molar-refractivity contribution in [2.75, 3.05) is 19.0 Å². The highest BCUT2D eigenvalue weighted by Crippen LogP contribution is 2.33. The molecule has 2 N–H and O–H groups in total. The molecule has 0 bridgehead atoms. The minimum Gasteiger partial charge on any atom is -0.496 e. The van der Waals surface area contributed by atoms with Crippen LogP contribution in [-0.4, -0.2) is 30.6 Å². The summed E-state index contributed by atoms with van der Waals surface area (Å²) in [5, 5.41) is 5.92. The molecule has 1 heterocycles. The number of aromatic nitrogens is 1. The number of carbonyl (C=O) groups is 1. The van der Waals surface area contributed by atoms with E-state index in [1.54, 1.807) is 0 Å². The van der Waals surface area contributed by atoms with Crippen molar-refractivity contribution in [2.45, 2.75) is 38.1 Å². The van der Waals surface area contributed by atoms with E-state index >= 15 is 0 Å². The minimum atomic E-state index is -0.585. The fourth-order valence-corrected chi connectivity index (χ4v) is 3.33. The summed E-state index contributed by atoms with van der Waals surface area (Å²) >= 11 is 0. The first-order valence-electron chi connectivity index (χ1n) is 9.09. The summed E-state index contributed by atoms with van der Waals surface area (Å²) in [7, 11) is 1.39. The molecule has 0 unspecified atom stereocenters. The smallest absolute Gasteiger partial charge is 0.239 e. The zero-order valence-corrected chi connectivity index (χ0v) is 15.2. The van der Waals surface area contributed by atoms with Gasteiger partial charge in [-0.05, 0) is 31.0 Å². The number of carbonyl (C=O) groups excluding carboxylic acids is 1. The number of rotatable bonds is 6. The molecule has 5 nitrogen and oxygen atoms in total. The van der Waals surface area contributed by atoms with Gasteiger partial charge in [-0.2, -0.15) is 0 Å². The second-order valence-electron chi connectivity index (χ2n) is 6.66. The third-order valence-electron chi connectivity index (χ3n) is 4.73. The Bertz CT molecular complexity index is 808. The Kier molecular flexibility index (Phi) is 6.34. The molecular formula is C20H23F2N3O2. The number of halogens is 2. The first-order valence-corrected chi connectivity index (χ1v) is 9.09. The average Bonchev–Trinajstić information content (AvgIpc) is 2.69. The molecule has 0 radical (unpaired) electrons. The summed E-state index contributed by atoms with van der Waals surface area (Å²) < 4.78 is 32.8. The number of nitrogens with zero attached hydrogens (tertiary/aromatic N) is 1. The van der Waals surface area contributed by atoms with E-state index in [4.69, 9.17) is 4.74 Å². The van der Waals surface area contributed by atoms with Gasteiger partial charge >= 0.3 is 0 Å². The Morgan fingerprint density at radius 2 is 1.96 bits per heavy atom. The molecule has 0 atom stereocenters. The van der Waals surface area contributed by atoms with Gasteiger partial charge in [0.2, 0.25) is 5.91 Å². The van der Waals surface area contributed by atoms with Crippen LogP contribution in [-0.2, 0) is 4.79 Å². The summed E-state index contributed by atoms with van der Waals surface area (Å²) in [5.74, 6) is -0.869. The predicted octanol–water partition coefficient (Wildman–Crippen LogP) is 3.90. The average molecular weight is 375 g/mol. The maximum atomic E-state index is 14.3. The van der Waals surface area contributed by atoms with Crippen molar-refractivity contribution in [1.29, 1.82) is 0 Å². The summed E-state index contributed by atoms with van der Waals surface area (Å²) in [6.07, 6.45) is 6.80. The van der Waals surface area contributed by atoms with Crippen LogP contribution in [0.2, 0.25) is 0 Å². The summed E-state index contributed by atoms with van der Waals surface area (Å²) in [5.41, 5.74) is 0.562. The number of ether oxygens (including phenoxy) is 1. The normalized spacial score (nSPS) is 14.8. The number of pyridine rings is 1. The van der Waals surface area contributed by atoms with Crippen LogP contribution >= 0.6 is 0 Å². The van der Waals surface area contributed by atoms with Crippen LogP contribution in [0.3, 0.4) is 0 Å². The Morgan fingerprint density at radius 3 is 2.70 bits per heavy atom. The fourth-order valence-electron chi connectivity index (χ4n) is 3.33. The van der Waals surface area contributed by atoms with Crippen LogP contribution in [0.15, 0.2) is 30.5 Å². The molecule has 2 aromatic rings. The molecule has 3 rings (SSSR count). The highest BCUT2D eigenvalue weighted by atomic mass is 19.1. The Hall–Kier alpha value is -2.54. The van der Waals surface area contributed by atoms with Crippen molar-refractivity contribution >= 4 is 11.7 Å². The van der Waals surface area contributed by atoms with E-state index in [9.17, 15) is 13.6 Å². The van der Waals surface area contributed by atoms with E-state index < -0.39 is 11.6 Å². The molecule has 0 saturated heterocycles. The second-order valence-corrected chi connectivity index (χ2v) is 6.66. The first kappa shape index (κ1) is 19.2. The van der Waals surface area contributed by atoms with Gasteiger partial charge in [-0.3, -0.25) is 4.79 Å². The molecule has 1 amide bonds. The quantitative estimate of drug-likeness (QED) is 0.804. The number of hydrogen-bond donors (Lipinski definition) is 2. The van der Waals surface area contributed by atoms with E-state index in [0.29, 0.717) is 11.6 Å². The maximum Gasteiger partial charge on any atom is 0.239 e. The predicted molar refractivity (Wildman–Crippen MR) is 99.6 cm³/mol. The van der Waals surface area contributed by atoms with Gasteiger partial charge in [-0.1, -0.05) is 19.3 Å². The van der Waals surface area contributed by atoms with E-state index in [1.807, 2.05) is 0 Å². The van der Waals surface area contributed by atoms with E-state index in [0.717, 1.165) is 19.0 Å². The molecule has 144 valence electrons. The lowest BCUT2D eigenvalue weighted by Crippen LogP contribution is -2.37. The van der Waals surface area contributed by atoms with Crippen molar-refractivity contribution in [3.05, 3.63) is 42.1 Å². The van der Waals surface area contributed by atoms with E-state index in [1.165, 1.54) is 50.6 Å². The maximum absolute atomic E-state index is 14.3. The van der Waals surface area contributed by atoms with E-state index in [-0.39, 0.29) is 29.6 Å². The van der Waals surface area contributed by atoms with Gasteiger partial charge in [0.15, 0.2) is 0 Å². The van der Waals surface area contributed by atoms with Crippen LogP contribution in [0, 0.1) is 11.6 Å². The fraction of sp³-hybridized carbons (Fsp3) is 0.400. The van der Waals surface area contributed by atoms with Gasteiger partial charge in [0.05, 0.1) is 19.9 Å². The van der Waals surface area contributed by atoms with Crippen molar-refractivity contribution in [3.63, 3.8) is 0 Å². The number of methoxy groups -OCH3 is 1. The minimum absolute atomic E-state index is 0.178. The number of amides is 1. The third kappa shape index (κ3) is 5.01. The molecule has 1 aromatic heterocycles. The van der Waals surface area contributed by atoms with Gasteiger partial charge in [0.25, 0.3) is 0 Å². The Balaban J connectivity index is 1.70. The number of anilines is 1. The lowest BCUT2D eigenvalue weighted by molar-refractivity contribution is -0.115. The standard InChI is InChI=1S/C20H23F2N3O2/c1-27-18-9-13(21)7-8-15(18)16-10-19(24-11-17(16)22)25-20(26)12-23-14-5-3-2-4-6-14/h7-11,14,23H,2-6,12H2,1H3,(H,24,25,26). The molecule has 1 aliphatic carbocycles. The highest BCUT2D eigenvalue weighted by Gasteiger charge is 2.16. The van der Waals surface area contributed by atoms with Gasteiger partial charge in [0.1, 0.15) is 23.2 Å². The Morgan fingerprint density at radius 1 is 1.19 bits per heavy atom. The van der Waals surface area contributed by atoms with Crippen molar-refractivity contribution in [3.8, 4) is 16.9 Å². The topological polar surface area (TPSA) is 63.2 Å². The van der Waals surface area contributed by atoms with Crippen LogP contribution in [0.4, 0.5) is 14.6 Å². The number of hydrogen-bond acceptors (Lipinski definition) is 4. The summed E-state index contributed by atoms with van der Waals surface area (Å²) in [6, 6.07) is 5.63. The van der Waals surface area contributed by atoms with Crippen LogP contribution < -0.4 is 15.4 Å². The van der Waals surface area contributed by atoms with E-state index in [2.05, 4.69) is 15.6 Å². The van der Waals surface area contributed by atoms with Crippen molar-refractivity contribution in [1.82, 2.24) is 10.3 Å². The number of benzene rings is 1. The Labute approximate surface area is 157 Å². The highest BCUT2D eigenvalue weighted by molar-refractivity contribution is 5.92. The van der Waals surface area contributed by atoms with Crippen LogP contribution in [0.25, 0.3) is 11.1 Å². The molecule has 1 fully saturated rings. The monoisotopic (exact) mass is 375 g/mol. The van der Waals surface area contributed by atoms with Crippen molar-refractivity contribution in [2.24, 2.45) is 0 Å². The third-order valence-corrected chi connectivity index (χ3v) is 4.73. The zero-order chi connectivity index (χ0) is 19.2. The molecular weight excluding hydrogens is 352 g/mol. The molecule has 0 aliphatic heterocycles. The molecule has 1 saturated carbocycles. The largest absolute Gasteiger partial charge is 0.496 e. The zero-order valence-electron chi connectivity index (χ0n) is 15.2. The van der Waals surface area contributed by atoms with Crippen LogP contribution in [0.1, 0.15) is 32.1 Å². The molecule has 1 aromatic carbocycles. The van der Waals surface area contributed by atoms with Gasteiger partial charge in [-0.15, -0.1) is 0 Å². The van der Waals surface area contributed by atoms with Crippen molar-refractivity contribution < 1.29 is 18.3 Å². The first-order chi connectivity index (χ1) is 13.1. The lowest BCUT2D eigenvalue weighted by Gasteiger charge is -2.22. The molecule has 27 heavy (non-hydrogen) atoms. The SMILES string of the molecule is COc1cc(F)ccc1-c1cc(NC(=O)CNC2CCCCC2)ncc1F. The van der Waals surface area contributed by atoms with Gasteiger partial charge in [0, 0.05) is 23.2 Å².